The molecule has 0 saturated carbocycles. The van der Waals surface area contributed by atoms with Crippen molar-refractivity contribution in [1.29, 1.82) is 0 Å². The van der Waals surface area contributed by atoms with Crippen molar-refractivity contribution >= 4 is 16.1 Å². The van der Waals surface area contributed by atoms with Crippen LogP contribution in [0.1, 0.15) is 2.85 Å². The first-order valence-electron chi connectivity index (χ1n) is 1.59. The number of carboxylic acids is 1. The van der Waals surface area contributed by atoms with Crippen LogP contribution < -0.4 is 37.7 Å². The summed E-state index contributed by atoms with van der Waals surface area (Å²) in [6.45, 7) is 0. The van der Waals surface area contributed by atoms with Gasteiger partial charge in [-0.25, -0.2) is 0 Å². The van der Waals surface area contributed by atoms with Gasteiger partial charge in [-0.1, -0.05) is 0 Å². The minimum Gasteiger partial charge on any atom is -1.00 e. The molecule has 10 heavy (non-hydrogen) atoms. The molecule has 0 aromatic carbocycles. The van der Waals surface area contributed by atoms with Crippen molar-refractivity contribution in [1.82, 2.24) is 0 Å². The molecule has 0 saturated heterocycles. The third-order valence-electron chi connectivity index (χ3n) is 0.306. The van der Waals surface area contributed by atoms with E-state index in [1.54, 1.807) is 0 Å². The van der Waals surface area contributed by atoms with Crippen LogP contribution in [0.2, 0.25) is 0 Å². The predicted molar refractivity (Wildman–Crippen MR) is 26.3 cm³/mol. The number of rotatable bonds is 2. The second-order valence-corrected chi connectivity index (χ2v) is 2.57. The van der Waals surface area contributed by atoms with E-state index < -0.39 is 21.8 Å². The van der Waals surface area contributed by atoms with E-state index in [2.05, 4.69) is 0 Å². The Kier molecular flexibility index (Phi) is 10.6. The molecule has 0 aromatic rings. The van der Waals surface area contributed by atoms with Crippen molar-refractivity contribution in [3.63, 3.8) is 0 Å². The molecule has 0 amide bonds. The van der Waals surface area contributed by atoms with Crippen molar-refractivity contribution in [2.75, 3.05) is 5.75 Å². The maximum Gasteiger partial charge on any atom is 1.00 e. The van der Waals surface area contributed by atoms with Crippen LogP contribution in [-0.4, -0.2) is 29.8 Å². The van der Waals surface area contributed by atoms with Crippen LogP contribution in [0, 0.1) is 0 Å². The van der Waals surface area contributed by atoms with E-state index in [1.165, 1.54) is 0 Å². The Bertz CT molecular complexity index is 192. The first kappa shape index (κ1) is 16.9. The van der Waals surface area contributed by atoms with E-state index in [-0.39, 0.29) is 40.6 Å². The number of carboxylic acid groups (broad SMARTS) is 1. The van der Waals surface area contributed by atoms with Gasteiger partial charge in [-0.2, -0.15) is 8.42 Å². The van der Waals surface area contributed by atoms with Crippen LogP contribution in [0.15, 0.2) is 0 Å². The molecule has 0 aliphatic carbocycles. The minimum absolute atomic E-state index is 0. The van der Waals surface area contributed by atoms with E-state index in [4.69, 9.17) is 9.66 Å². The molecule has 0 fully saturated rings. The van der Waals surface area contributed by atoms with Crippen molar-refractivity contribution in [2.45, 2.75) is 0 Å². The third kappa shape index (κ3) is 15.8. The summed E-state index contributed by atoms with van der Waals surface area (Å²) in [4.78, 5) is 9.48. The van der Waals surface area contributed by atoms with Gasteiger partial charge in [-0.15, -0.1) is 0 Å². The molecule has 0 aliphatic heterocycles. The van der Waals surface area contributed by atoms with Gasteiger partial charge in [0.1, 0.15) is 0 Å². The summed E-state index contributed by atoms with van der Waals surface area (Å²) in [5.41, 5.74) is 0. The summed E-state index contributed by atoms with van der Waals surface area (Å²) in [5, 5.41) is 7.71. The van der Waals surface area contributed by atoms with Crippen molar-refractivity contribution < 1.29 is 63.4 Å². The largest absolute Gasteiger partial charge is 1.00 e. The summed E-state index contributed by atoms with van der Waals surface area (Å²) >= 11 is 0. The molecule has 0 aliphatic rings. The maximum absolute atomic E-state index is 9.62. The molecule has 0 rings (SSSR count). The van der Waals surface area contributed by atoms with Crippen molar-refractivity contribution in [3.05, 3.63) is 0 Å². The SMILES string of the molecule is O=C(O)CS(=O)(=O)O.[H-].[H-].[Li+].[Li+]. The fourth-order valence-corrected chi connectivity index (χ4v) is 0.468. The van der Waals surface area contributed by atoms with Gasteiger partial charge in [0.2, 0.25) is 0 Å². The molecular weight excluding hydrogens is 150 g/mol. The first-order chi connectivity index (χ1) is 3.42. The van der Waals surface area contributed by atoms with Gasteiger partial charge in [0.05, 0.1) is 0 Å². The Labute approximate surface area is 85.3 Å². The average Bonchev–Trinajstić information content (AvgIpc) is 1.21. The number of aliphatic carboxylic acids is 1. The summed E-state index contributed by atoms with van der Waals surface area (Å²) in [6, 6.07) is 0. The van der Waals surface area contributed by atoms with Crippen LogP contribution in [0.3, 0.4) is 0 Å². The van der Waals surface area contributed by atoms with Gasteiger partial charge in [0, 0.05) is 0 Å². The normalized spacial score (nSPS) is 8.90. The van der Waals surface area contributed by atoms with Gasteiger partial charge in [-0.3, -0.25) is 9.35 Å². The first-order valence-corrected chi connectivity index (χ1v) is 3.20. The van der Waals surface area contributed by atoms with Crippen molar-refractivity contribution in [2.24, 2.45) is 0 Å². The van der Waals surface area contributed by atoms with Crippen LogP contribution in [0.4, 0.5) is 0 Å². The summed E-state index contributed by atoms with van der Waals surface area (Å²) in [7, 11) is -4.32. The summed E-state index contributed by atoms with van der Waals surface area (Å²) in [6.07, 6.45) is 0. The molecule has 2 N–H and O–H groups in total. The standard InChI is InChI=1S/C2H4O5S.2Li.2H/c3-2(4)1-8(5,6)7;;;;/h1H2,(H,3,4)(H,5,6,7);;;;/q;2*+1;2*-1. The Hall–Kier alpha value is 0.575. The molecule has 0 aromatic heterocycles. The fraction of sp³-hybridized carbons (Fsp3) is 0.500. The van der Waals surface area contributed by atoms with Crippen LogP contribution in [0.5, 0.6) is 0 Å². The number of hydrogen-bond donors (Lipinski definition) is 2. The molecule has 52 valence electrons. The van der Waals surface area contributed by atoms with Crippen LogP contribution in [0.25, 0.3) is 0 Å². The van der Waals surface area contributed by atoms with E-state index in [1.807, 2.05) is 0 Å². The second-order valence-electron chi connectivity index (χ2n) is 1.12. The monoisotopic (exact) mass is 156 g/mol. The Morgan fingerprint density at radius 3 is 1.70 bits per heavy atom. The number of carbonyl (C=O) groups is 1. The smallest absolute Gasteiger partial charge is 1.00 e. The quantitative estimate of drug-likeness (QED) is 0.306. The molecule has 0 spiro atoms. The topological polar surface area (TPSA) is 91.7 Å². The zero-order chi connectivity index (χ0) is 6.78. The Morgan fingerprint density at radius 2 is 1.70 bits per heavy atom. The van der Waals surface area contributed by atoms with Gasteiger partial charge in [0.25, 0.3) is 10.1 Å². The maximum atomic E-state index is 9.62. The molecular formula is C2H6Li2O5S. The van der Waals surface area contributed by atoms with Gasteiger partial charge in [0.15, 0.2) is 5.75 Å². The minimum atomic E-state index is -4.32. The molecule has 8 heteroatoms. The van der Waals surface area contributed by atoms with E-state index in [0.29, 0.717) is 0 Å². The van der Waals surface area contributed by atoms with E-state index in [9.17, 15) is 13.2 Å². The molecule has 0 radical (unpaired) electrons. The number of hydrogen-bond acceptors (Lipinski definition) is 3. The molecule has 0 unspecified atom stereocenters. The zero-order valence-corrected chi connectivity index (χ0v) is 6.55. The third-order valence-corrected chi connectivity index (χ3v) is 0.918. The summed E-state index contributed by atoms with van der Waals surface area (Å²) < 4.78 is 27.0. The van der Waals surface area contributed by atoms with E-state index in [0.717, 1.165) is 0 Å². The van der Waals surface area contributed by atoms with Gasteiger partial charge in [-0.05, 0) is 0 Å². The molecule has 0 atom stereocenters. The average molecular weight is 156 g/mol. The molecule has 5 nitrogen and oxygen atoms in total. The van der Waals surface area contributed by atoms with Crippen LogP contribution >= 0.6 is 0 Å². The fourth-order valence-electron chi connectivity index (χ4n) is 0.156. The predicted octanol–water partition coefficient (Wildman–Crippen LogP) is -6.81. The van der Waals surface area contributed by atoms with E-state index >= 15 is 0 Å². The van der Waals surface area contributed by atoms with Crippen molar-refractivity contribution in [3.8, 4) is 0 Å². The van der Waals surface area contributed by atoms with Gasteiger partial charge < -0.3 is 7.96 Å². The molecule has 0 bridgehead atoms. The zero-order valence-electron chi connectivity index (χ0n) is 7.73. The second kappa shape index (κ2) is 6.30. The molecule has 0 heterocycles. The summed E-state index contributed by atoms with van der Waals surface area (Å²) in [5.74, 6) is -2.79. The Morgan fingerprint density at radius 1 is 1.40 bits per heavy atom. The van der Waals surface area contributed by atoms with Gasteiger partial charge >= 0.3 is 43.7 Å². The Balaban J connectivity index is -0.0000000408. The van der Waals surface area contributed by atoms with Crippen LogP contribution in [-0.2, 0) is 14.9 Å².